The average Bonchev–Trinajstić information content (AvgIpc) is 2.86. The van der Waals surface area contributed by atoms with E-state index >= 15 is 0 Å². The Morgan fingerprint density at radius 2 is 1.92 bits per heavy atom. The highest BCUT2D eigenvalue weighted by Crippen LogP contribution is 2.16. The number of unbranched alkanes of at least 4 members (excludes halogenated alkanes) is 3. The third-order valence-electron chi connectivity index (χ3n) is 3.47. The summed E-state index contributed by atoms with van der Waals surface area (Å²) < 4.78 is 4.62. The largest absolute Gasteiger partial charge is 0.469 e. The van der Waals surface area contributed by atoms with Crippen LogP contribution in [0.1, 0.15) is 47.7 Å². The quantitative estimate of drug-likeness (QED) is 0.192. The van der Waals surface area contributed by atoms with Crippen LogP contribution in [0, 0.1) is 13.8 Å². The van der Waals surface area contributed by atoms with Crippen LogP contribution in [0.15, 0.2) is 4.99 Å². The minimum Gasteiger partial charge on any atom is -0.469 e. The number of ether oxygens (including phenoxy) is 1. The van der Waals surface area contributed by atoms with Crippen LogP contribution in [-0.4, -0.2) is 37.6 Å². The molecular weight excluding hydrogens is 439 g/mol. The summed E-state index contributed by atoms with van der Waals surface area (Å²) in [4.78, 5) is 20.9. The zero-order valence-corrected chi connectivity index (χ0v) is 18.1. The van der Waals surface area contributed by atoms with Gasteiger partial charge < -0.3 is 15.4 Å². The number of aryl methyl sites for hydroxylation is 2. The van der Waals surface area contributed by atoms with Crippen LogP contribution in [0.3, 0.4) is 0 Å². The first-order valence-electron chi connectivity index (χ1n) is 8.01. The Balaban J connectivity index is 0.00000529. The molecular formula is C16H29IN4O2S. The Morgan fingerprint density at radius 3 is 2.50 bits per heavy atom. The monoisotopic (exact) mass is 468 g/mol. The molecule has 0 aliphatic carbocycles. The number of rotatable bonds is 9. The minimum absolute atomic E-state index is 0. The molecule has 138 valence electrons. The summed E-state index contributed by atoms with van der Waals surface area (Å²) in [7, 11) is 3.20. The van der Waals surface area contributed by atoms with Crippen LogP contribution in [0.4, 0.5) is 0 Å². The lowest BCUT2D eigenvalue weighted by Crippen LogP contribution is -2.37. The zero-order valence-electron chi connectivity index (χ0n) is 15.0. The Kier molecular flexibility index (Phi) is 12.9. The summed E-state index contributed by atoms with van der Waals surface area (Å²) in [5.74, 6) is 0.686. The van der Waals surface area contributed by atoms with E-state index < -0.39 is 0 Å². The molecule has 0 aliphatic heterocycles. The first-order valence-corrected chi connectivity index (χ1v) is 8.82. The van der Waals surface area contributed by atoms with Crippen molar-refractivity contribution in [2.45, 2.75) is 52.5 Å². The maximum absolute atomic E-state index is 11.0. The molecule has 0 bridgehead atoms. The van der Waals surface area contributed by atoms with Crippen LogP contribution in [0.2, 0.25) is 0 Å². The second kappa shape index (κ2) is 13.4. The molecule has 1 heterocycles. The van der Waals surface area contributed by atoms with Crippen molar-refractivity contribution in [3.63, 3.8) is 0 Å². The average molecular weight is 468 g/mol. The standard InChI is InChI=1S/C16H28N4O2S.HI/c1-12-14(23-13(2)20-12)11-19-16(17-3)18-10-8-6-5-7-9-15(21)22-4;/h5-11H2,1-4H3,(H2,17,18,19);1H. The normalized spacial score (nSPS) is 10.9. The van der Waals surface area contributed by atoms with Crippen molar-refractivity contribution >= 4 is 47.2 Å². The zero-order chi connectivity index (χ0) is 17.1. The molecule has 6 nitrogen and oxygen atoms in total. The van der Waals surface area contributed by atoms with E-state index in [4.69, 9.17) is 0 Å². The molecule has 1 rings (SSSR count). The van der Waals surface area contributed by atoms with Gasteiger partial charge in [0.25, 0.3) is 0 Å². The number of nitrogens with one attached hydrogen (secondary N) is 2. The molecule has 0 fully saturated rings. The molecule has 0 spiro atoms. The fourth-order valence-electron chi connectivity index (χ4n) is 2.18. The van der Waals surface area contributed by atoms with Gasteiger partial charge in [0.05, 0.1) is 24.4 Å². The number of aliphatic imine (C=N–C) groups is 1. The fourth-order valence-corrected chi connectivity index (χ4v) is 3.06. The number of aromatic nitrogens is 1. The molecule has 0 amide bonds. The summed E-state index contributed by atoms with van der Waals surface area (Å²) in [6.07, 6.45) is 4.60. The first kappa shape index (κ1) is 23.1. The molecule has 0 unspecified atom stereocenters. The lowest BCUT2D eigenvalue weighted by molar-refractivity contribution is -0.140. The minimum atomic E-state index is -0.124. The number of esters is 1. The fraction of sp³-hybridized carbons (Fsp3) is 0.688. The van der Waals surface area contributed by atoms with Gasteiger partial charge in [-0.05, 0) is 26.7 Å². The van der Waals surface area contributed by atoms with Crippen LogP contribution in [0.25, 0.3) is 0 Å². The van der Waals surface area contributed by atoms with Gasteiger partial charge in [0.1, 0.15) is 0 Å². The van der Waals surface area contributed by atoms with Crippen molar-refractivity contribution in [3.05, 3.63) is 15.6 Å². The summed E-state index contributed by atoms with van der Waals surface area (Å²) in [6.45, 7) is 5.67. The van der Waals surface area contributed by atoms with Gasteiger partial charge in [-0.15, -0.1) is 35.3 Å². The summed E-state index contributed by atoms with van der Waals surface area (Å²) >= 11 is 1.71. The van der Waals surface area contributed by atoms with Gasteiger partial charge in [0.2, 0.25) is 0 Å². The van der Waals surface area contributed by atoms with E-state index in [1.807, 2.05) is 13.8 Å². The second-order valence-electron chi connectivity index (χ2n) is 5.33. The van der Waals surface area contributed by atoms with E-state index in [0.29, 0.717) is 6.42 Å². The molecule has 24 heavy (non-hydrogen) atoms. The van der Waals surface area contributed by atoms with Crippen molar-refractivity contribution in [3.8, 4) is 0 Å². The molecule has 2 N–H and O–H groups in total. The number of thiazole rings is 1. The van der Waals surface area contributed by atoms with Crippen molar-refractivity contribution in [2.24, 2.45) is 4.99 Å². The number of hydrogen-bond donors (Lipinski definition) is 2. The van der Waals surface area contributed by atoms with Gasteiger partial charge in [0, 0.05) is 24.9 Å². The Labute approximate surface area is 165 Å². The lowest BCUT2D eigenvalue weighted by atomic mass is 10.1. The predicted molar refractivity (Wildman–Crippen MR) is 110 cm³/mol. The molecule has 1 aromatic rings. The van der Waals surface area contributed by atoms with Crippen LogP contribution < -0.4 is 10.6 Å². The molecule has 0 aromatic carbocycles. The third kappa shape index (κ3) is 9.41. The van der Waals surface area contributed by atoms with Gasteiger partial charge in [-0.2, -0.15) is 0 Å². The topological polar surface area (TPSA) is 75.6 Å². The third-order valence-corrected chi connectivity index (χ3v) is 4.54. The van der Waals surface area contributed by atoms with Crippen LogP contribution in [0.5, 0.6) is 0 Å². The van der Waals surface area contributed by atoms with Gasteiger partial charge in [-0.1, -0.05) is 12.8 Å². The molecule has 0 aliphatic rings. The van der Waals surface area contributed by atoms with E-state index in [1.165, 1.54) is 12.0 Å². The van der Waals surface area contributed by atoms with E-state index in [-0.39, 0.29) is 29.9 Å². The number of halogens is 1. The number of carbonyl (C=O) groups is 1. The highest BCUT2D eigenvalue weighted by molar-refractivity contribution is 14.0. The SMILES string of the molecule is CN=C(NCCCCCCC(=O)OC)NCc1sc(C)nc1C.I. The number of nitrogens with zero attached hydrogens (tertiary/aromatic N) is 2. The summed E-state index contributed by atoms with van der Waals surface area (Å²) in [5.41, 5.74) is 1.08. The molecule has 0 saturated carbocycles. The molecule has 0 saturated heterocycles. The number of hydrogen-bond acceptors (Lipinski definition) is 5. The van der Waals surface area contributed by atoms with E-state index in [1.54, 1.807) is 18.4 Å². The Hall–Kier alpha value is -0.900. The van der Waals surface area contributed by atoms with Gasteiger partial charge in [-0.3, -0.25) is 9.79 Å². The first-order chi connectivity index (χ1) is 11.1. The van der Waals surface area contributed by atoms with E-state index in [9.17, 15) is 4.79 Å². The Bertz CT molecular complexity index is 520. The van der Waals surface area contributed by atoms with Crippen LogP contribution >= 0.6 is 35.3 Å². The van der Waals surface area contributed by atoms with E-state index in [0.717, 1.165) is 55.4 Å². The molecule has 0 atom stereocenters. The van der Waals surface area contributed by atoms with Gasteiger partial charge >= 0.3 is 5.97 Å². The highest BCUT2D eigenvalue weighted by Gasteiger charge is 2.05. The molecule has 0 radical (unpaired) electrons. The van der Waals surface area contributed by atoms with Crippen molar-refractivity contribution < 1.29 is 9.53 Å². The van der Waals surface area contributed by atoms with Crippen molar-refractivity contribution in [1.29, 1.82) is 0 Å². The Morgan fingerprint density at radius 1 is 1.21 bits per heavy atom. The highest BCUT2D eigenvalue weighted by atomic mass is 127. The van der Waals surface area contributed by atoms with Gasteiger partial charge in [-0.25, -0.2) is 4.98 Å². The summed E-state index contributed by atoms with van der Waals surface area (Å²) in [6, 6.07) is 0. The predicted octanol–water partition coefficient (Wildman–Crippen LogP) is 3.17. The second-order valence-corrected chi connectivity index (χ2v) is 6.62. The van der Waals surface area contributed by atoms with E-state index in [2.05, 4.69) is 25.3 Å². The number of carbonyl (C=O) groups excluding carboxylic acids is 1. The van der Waals surface area contributed by atoms with Crippen molar-refractivity contribution in [1.82, 2.24) is 15.6 Å². The van der Waals surface area contributed by atoms with Crippen LogP contribution in [-0.2, 0) is 16.1 Å². The number of guanidine groups is 1. The summed E-state index contributed by atoms with van der Waals surface area (Å²) in [5, 5.41) is 7.71. The van der Waals surface area contributed by atoms with Crippen molar-refractivity contribution in [2.75, 3.05) is 20.7 Å². The molecule has 1 aromatic heterocycles. The lowest BCUT2D eigenvalue weighted by Gasteiger charge is -2.11. The maximum atomic E-state index is 11.0. The smallest absolute Gasteiger partial charge is 0.305 e. The maximum Gasteiger partial charge on any atom is 0.305 e. The number of methoxy groups -OCH3 is 1. The van der Waals surface area contributed by atoms with Gasteiger partial charge in [0.15, 0.2) is 5.96 Å². The molecule has 8 heteroatoms.